The Morgan fingerprint density at radius 2 is 1.52 bits per heavy atom. The van der Waals surface area contributed by atoms with Crippen LogP contribution >= 0.6 is 0 Å². The third-order valence-electron chi connectivity index (χ3n) is 3.25. The Labute approximate surface area is 120 Å². The number of ether oxygens (including phenoxy) is 1. The van der Waals surface area contributed by atoms with E-state index in [-0.39, 0.29) is 11.3 Å². The van der Waals surface area contributed by atoms with Crippen LogP contribution in [0.2, 0.25) is 0 Å². The van der Waals surface area contributed by atoms with E-state index in [0.717, 1.165) is 17.2 Å². The van der Waals surface area contributed by atoms with E-state index in [9.17, 15) is 17.6 Å². The second-order valence-corrected chi connectivity index (χ2v) is 4.95. The second kappa shape index (κ2) is 5.39. The van der Waals surface area contributed by atoms with Crippen molar-refractivity contribution in [1.29, 1.82) is 0 Å². The SMILES string of the molecule is Cc1ccc(Oc2c(C)cc(C(F)(F)F)cc2F)cc1C. The van der Waals surface area contributed by atoms with Gasteiger partial charge in [-0.2, -0.15) is 13.2 Å². The van der Waals surface area contributed by atoms with Crippen LogP contribution in [0.15, 0.2) is 30.3 Å². The highest BCUT2D eigenvalue weighted by Gasteiger charge is 2.32. The molecule has 5 heteroatoms. The van der Waals surface area contributed by atoms with E-state index < -0.39 is 17.6 Å². The Bertz CT molecular complexity index is 651. The quantitative estimate of drug-likeness (QED) is 0.659. The summed E-state index contributed by atoms with van der Waals surface area (Å²) in [6.07, 6.45) is -4.58. The number of aryl methyl sites for hydroxylation is 3. The van der Waals surface area contributed by atoms with Gasteiger partial charge in [0.25, 0.3) is 0 Å². The molecule has 0 aliphatic rings. The molecule has 0 N–H and O–H groups in total. The van der Waals surface area contributed by atoms with Crippen molar-refractivity contribution in [3.05, 3.63) is 58.4 Å². The molecule has 0 atom stereocenters. The van der Waals surface area contributed by atoms with Gasteiger partial charge in [-0.15, -0.1) is 0 Å². The third-order valence-corrected chi connectivity index (χ3v) is 3.25. The smallest absolute Gasteiger partial charge is 0.416 e. The fraction of sp³-hybridized carbons (Fsp3) is 0.250. The van der Waals surface area contributed by atoms with Gasteiger partial charge in [-0.3, -0.25) is 0 Å². The van der Waals surface area contributed by atoms with Crippen molar-refractivity contribution < 1.29 is 22.3 Å². The molecule has 0 spiro atoms. The summed E-state index contributed by atoms with van der Waals surface area (Å²) >= 11 is 0. The minimum Gasteiger partial charge on any atom is -0.454 e. The number of hydrogen-bond acceptors (Lipinski definition) is 1. The predicted octanol–water partition coefficient (Wildman–Crippen LogP) is 5.56. The van der Waals surface area contributed by atoms with Gasteiger partial charge in [0.2, 0.25) is 0 Å². The van der Waals surface area contributed by atoms with Gasteiger partial charge in [-0.1, -0.05) is 6.07 Å². The lowest BCUT2D eigenvalue weighted by Gasteiger charge is -2.14. The van der Waals surface area contributed by atoms with Gasteiger partial charge in [0.05, 0.1) is 5.56 Å². The number of halogens is 4. The highest BCUT2D eigenvalue weighted by atomic mass is 19.4. The van der Waals surface area contributed by atoms with Crippen LogP contribution in [-0.4, -0.2) is 0 Å². The van der Waals surface area contributed by atoms with Crippen LogP contribution in [0.3, 0.4) is 0 Å². The maximum atomic E-state index is 13.9. The summed E-state index contributed by atoms with van der Waals surface area (Å²) in [7, 11) is 0. The first-order valence-corrected chi connectivity index (χ1v) is 6.31. The van der Waals surface area contributed by atoms with E-state index in [2.05, 4.69) is 0 Å². The largest absolute Gasteiger partial charge is 0.454 e. The summed E-state index contributed by atoms with van der Waals surface area (Å²) in [6, 6.07) is 6.50. The molecule has 0 aliphatic carbocycles. The lowest BCUT2D eigenvalue weighted by Crippen LogP contribution is -2.06. The summed E-state index contributed by atoms with van der Waals surface area (Å²) < 4.78 is 57.1. The van der Waals surface area contributed by atoms with Crippen LogP contribution in [0.4, 0.5) is 17.6 Å². The zero-order valence-electron chi connectivity index (χ0n) is 11.8. The van der Waals surface area contributed by atoms with Gasteiger partial charge < -0.3 is 4.74 Å². The second-order valence-electron chi connectivity index (χ2n) is 4.95. The van der Waals surface area contributed by atoms with Crippen molar-refractivity contribution in [2.24, 2.45) is 0 Å². The van der Waals surface area contributed by atoms with Gasteiger partial charge >= 0.3 is 6.18 Å². The predicted molar refractivity (Wildman–Crippen MR) is 72.1 cm³/mol. The molecule has 0 fully saturated rings. The molecule has 2 rings (SSSR count). The average molecular weight is 298 g/mol. The molecule has 0 aromatic heterocycles. The molecule has 1 nitrogen and oxygen atoms in total. The van der Waals surface area contributed by atoms with Gasteiger partial charge in [-0.25, -0.2) is 4.39 Å². The van der Waals surface area contributed by atoms with Crippen molar-refractivity contribution >= 4 is 0 Å². The lowest BCUT2D eigenvalue weighted by atomic mass is 10.1. The summed E-state index contributed by atoms with van der Waals surface area (Å²) in [5.41, 5.74) is 1.08. The van der Waals surface area contributed by atoms with E-state index in [1.807, 2.05) is 19.9 Å². The molecule has 21 heavy (non-hydrogen) atoms. The first-order valence-electron chi connectivity index (χ1n) is 6.31. The van der Waals surface area contributed by atoms with Crippen LogP contribution < -0.4 is 4.74 Å². The van der Waals surface area contributed by atoms with Crippen LogP contribution in [0.25, 0.3) is 0 Å². The molecule has 0 radical (unpaired) electrons. The van der Waals surface area contributed by atoms with Crippen LogP contribution in [-0.2, 0) is 6.18 Å². The highest BCUT2D eigenvalue weighted by Crippen LogP contribution is 2.36. The number of hydrogen-bond donors (Lipinski definition) is 0. The van der Waals surface area contributed by atoms with Crippen molar-refractivity contribution in [2.45, 2.75) is 26.9 Å². The minimum absolute atomic E-state index is 0.0977. The number of rotatable bonds is 2. The van der Waals surface area contributed by atoms with Gasteiger partial charge in [-0.05, 0) is 61.7 Å². The van der Waals surface area contributed by atoms with Crippen molar-refractivity contribution in [1.82, 2.24) is 0 Å². The zero-order valence-corrected chi connectivity index (χ0v) is 11.8. The fourth-order valence-electron chi connectivity index (χ4n) is 1.92. The van der Waals surface area contributed by atoms with E-state index in [4.69, 9.17) is 4.74 Å². The molecule has 0 saturated heterocycles. The van der Waals surface area contributed by atoms with E-state index in [0.29, 0.717) is 11.8 Å². The first kappa shape index (κ1) is 15.4. The standard InChI is InChI=1S/C16H14F4O/c1-9-4-5-13(7-10(9)2)21-15-11(3)6-12(8-14(15)17)16(18,19)20/h4-8H,1-3H3. The highest BCUT2D eigenvalue weighted by molar-refractivity contribution is 5.43. The average Bonchev–Trinajstić information content (AvgIpc) is 2.36. The molecular weight excluding hydrogens is 284 g/mol. The van der Waals surface area contributed by atoms with Gasteiger partial charge in [0.1, 0.15) is 5.75 Å². The number of benzene rings is 2. The topological polar surface area (TPSA) is 9.23 Å². The summed E-state index contributed by atoms with van der Waals surface area (Å²) in [5, 5.41) is 0. The summed E-state index contributed by atoms with van der Waals surface area (Å²) in [5.74, 6) is -0.827. The summed E-state index contributed by atoms with van der Waals surface area (Å²) in [6.45, 7) is 5.18. The van der Waals surface area contributed by atoms with Crippen molar-refractivity contribution in [3.63, 3.8) is 0 Å². The normalized spacial score (nSPS) is 11.6. The van der Waals surface area contributed by atoms with Crippen molar-refractivity contribution in [2.75, 3.05) is 0 Å². The Hall–Kier alpha value is -2.04. The molecule has 0 amide bonds. The Morgan fingerprint density at radius 3 is 2.05 bits per heavy atom. The molecule has 0 aliphatic heterocycles. The Kier molecular flexibility index (Phi) is 3.94. The van der Waals surface area contributed by atoms with Crippen LogP contribution in [0.1, 0.15) is 22.3 Å². The zero-order chi connectivity index (χ0) is 15.8. The maximum absolute atomic E-state index is 13.9. The van der Waals surface area contributed by atoms with Crippen molar-refractivity contribution in [3.8, 4) is 11.5 Å². The molecule has 112 valence electrons. The molecular formula is C16H14F4O. The lowest BCUT2D eigenvalue weighted by molar-refractivity contribution is -0.137. The van der Waals surface area contributed by atoms with E-state index >= 15 is 0 Å². The van der Waals surface area contributed by atoms with E-state index in [1.165, 1.54) is 6.92 Å². The third kappa shape index (κ3) is 3.35. The molecule has 0 unspecified atom stereocenters. The summed E-state index contributed by atoms with van der Waals surface area (Å²) in [4.78, 5) is 0. The fourth-order valence-corrected chi connectivity index (χ4v) is 1.92. The molecule has 2 aromatic carbocycles. The molecule has 0 bridgehead atoms. The van der Waals surface area contributed by atoms with Gasteiger partial charge in [0, 0.05) is 0 Å². The van der Waals surface area contributed by atoms with Crippen LogP contribution in [0.5, 0.6) is 11.5 Å². The molecule has 0 saturated carbocycles. The maximum Gasteiger partial charge on any atom is 0.416 e. The van der Waals surface area contributed by atoms with Gasteiger partial charge in [0.15, 0.2) is 11.6 Å². The van der Waals surface area contributed by atoms with Crippen LogP contribution in [0, 0.1) is 26.6 Å². The number of alkyl halides is 3. The molecule has 0 heterocycles. The van der Waals surface area contributed by atoms with E-state index in [1.54, 1.807) is 12.1 Å². The Balaban J connectivity index is 2.39. The first-order chi connectivity index (χ1) is 9.68. The molecule has 2 aromatic rings. The monoisotopic (exact) mass is 298 g/mol. The minimum atomic E-state index is -4.58. The Morgan fingerprint density at radius 1 is 0.857 bits per heavy atom.